The van der Waals surface area contributed by atoms with Crippen molar-refractivity contribution < 1.29 is 13.2 Å². The Balaban J connectivity index is 2.26. The minimum atomic E-state index is -3.56. The van der Waals surface area contributed by atoms with E-state index in [0.29, 0.717) is 16.8 Å². The molecule has 1 aromatic carbocycles. The quantitative estimate of drug-likeness (QED) is 0.789. The summed E-state index contributed by atoms with van der Waals surface area (Å²) in [7, 11) is 1.58. The van der Waals surface area contributed by atoms with Crippen LogP contribution in [0, 0.1) is 0 Å². The Hall–Kier alpha value is -0.630. The summed E-state index contributed by atoms with van der Waals surface area (Å²) in [5.41, 5.74) is 0. The van der Waals surface area contributed by atoms with Crippen LogP contribution in [-0.2, 0) is 10.0 Å². The van der Waals surface area contributed by atoms with Crippen LogP contribution < -0.4 is 4.74 Å². The SMILES string of the molecule is COc1ccc(Br)cc1S(=O)(=O)N(C)CC1CCCN1C. The van der Waals surface area contributed by atoms with Crippen molar-refractivity contribution in [1.82, 2.24) is 9.21 Å². The van der Waals surface area contributed by atoms with Gasteiger partial charge in [-0.25, -0.2) is 8.42 Å². The molecule has 0 saturated carbocycles. The second kappa shape index (κ2) is 6.64. The van der Waals surface area contributed by atoms with E-state index in [4.69, 9.17) is 4.74 Å². The number of hydrogen-bond donors (Lipinski definition) is 0. The molecule has 0 aromatic heterocycles. The highest BCUT2D eigenvalue weighted by Gasteiger charge is 2.30. The molecule has 0 N–H and O–H groups in total. The summed E-state index contributed by atoms with van der Waals surface area (Å²) in [5.74, 6) is 0.366. The lowest BCUT2D eigenvalue weighted by Crippen LogP contribution is -2.39. The molecule has 0 radical (unpaired) electrons. The molecular formula is C14H21BrN2O3S. The molecule has 1 heterocycles. The smallest absolute Gasteiger partial charge is 0.246 e. The van der Waals surface area contributed by atoms with Gasteiger partial charge in [0.2, 0.25) is 10.0 Å². The fraction of sp³-hybridized carbons (Fsp3) is 0.571. The Kier molecular flexibility index (Phi) is 5.29. The van der Waals surface area contributed by atoms with Crippen molar-refractivity contribution >= 4 is 26.0 Å². The Morgan fingerprint density at radius 2 is 2.19 bits per heavy atom. The monoisotopic (exact) mass is 376 g/mol. The van der Waals surface area contributed by atoms with Gasteiger partial charge in [0, 0.05) is 24.1 Å². The van der Waals surface area contributed by atoms with Gasteiger partial charge in [0.05, 0.1) is 7.11 Å². The zero-order valence-electron chi connectivity index (χ0n) is 12.5. The van der Waals surface area contributed by atoms with E-state index in [2.05, 4.69) is 20.8 Å². The summed E-state index contributed by atoms with van der Waals surface area (Å²) in [5, 5.41) is 0. The molecule has 2 rings (SSSR count). The standard InChI is InChI=1S/C14H21BrN2O3S/c1-16-8-4-5-12(16)10-17(2)21(18,19)14-9-11(15)6-7-13(14)20-3/h6-7,9,12H,4-5,8,10H2,1-3H3. The normalized spacial score (nSPS) is 20.1. The number of sulfonamides is 1. The molecule has 7 heteroatoms. The van der Waals surface area contributed by atoms with Crippen molar-refractivity contribution in [3.8, 4) is 5.75 Å². The van der Waals surface area contributed by atoms with Gasteiger partial charge in [-0.15, -0.1) is 0 Å². The van der Waals surface area contributed by atoms with Crippen LogP contribution in [-0.4, -0.2) is 58.0 Å². The lowest BCUT2D eigenvalue weighted by Gasteiger charge is -2.26. The Bertz CT molecular complexity index is 606. The van der Waals surface area contributed by atoms with Gasteiger partial charge in [0.15, 0.2) is 0 Å². The van der Waals surface area contributed by atoms with Crippen LogP contribution in [0.15, 0.2) is 27.6 Å². The molecule has 0 aliphatic carbocycles. The first-order chi connectivity index (χ1) is 9.86. The van der Waals surface area contributed by atoms with Gasteiger partial charge in [-0.2, -0.15) is 4.31 Å². The van der Waals surface area contributed by atoms with E-state index in [1.54, 1.807) is 25.2 Å². The highest BCUT2D eigenvalue weighted by molar-refractivity contribution is 9.10. The van der Waals surface area contributed by atoms with Gasteiger partial charge >= 0.3 is 0 Å². The van der Waals surface area contributed by atoms with Crippen molar-refractivity contribution in [3.63, 3.8) is 0 Å². The second-order valence-corrected chi connectivity index (χ2v) is 8.29. The fourth-order valence-corrected chi connectivity index (χ4v) is 4.52. The topological polar surface area (TPSA) is 49.9 Å². The van der Waals surface area contributed by atoms with Crippen LogP contribution in [0.2, 0.25) is 0 Å². The largest absolute Gasteiger partial charge is 0.495 e. The van der Waals surface area contributed by atoms with Gasteiger partial charge in [-0.1, -0.05) is 15.9 Å². The molecular weight excluding hydrogens is 356 g/mol. The minimum Gasteiger partial charge on any atom is -0.495 e. The third-order valence-corrected chi connectivity index (χ3v) is 6.29. The maximum atomic E-state index is 12.8. The highest BCUT2D eigenvalue weighted by atomic mass is 79.9. The maximum Gasteiger partial charge on any atom is 0.246 e. The van der Waals surface area contributed by atoms with E-state index in [1.807, 2.05) is 7.05 Å². The van der Waals surface area contributed by atoms with Crippen LogP contribution in [0.4, 0.5) is 0 Å². The number of likely N-dealkylation sites (N-methyl/N-ethyl adjacent to an activating group) is 2. The molecule has 1 saturated heterocycles. The molecule has 0 bridgehead atoms. The minimum absolute atomic E-state index is 0.197. The second-order valence-electron chi connectivity index (χ2n) is 5.36. The van der Waals surface area contributed by atoms with Gasteiger partial charge in [-0.3, -0.25) is 0 Å². The molecule has 0 amide bonds. The van der Waals surface area contributed by atoms with E-state index < -0.39 is 10.0 Å². The first kappa shape index (κ1) is 16.7. The molecule has 21 heavy (non-hydrogen) atoms. The molecule has 118 valence electrons. The van der Waals surface area contributed by atoms with Crippen LogP contribution in [0.25, 0.3) is 0 Å². The number of halogens is 1. The zero-order chi connectivity index (χ0) is 15.6. The van der Waals surface area contributed by atoms with Gasteiger partial charge in [0.1, 0.15) is 10.6 Å². The summed E-state index contributed by atoms with van der Waals surface area (Å²) in [4.78, 5) is 2.41. The van der Waals surface area contributed by atoms with Crippen molar-refractivity contribution in [2.75, 3.05) is 34.3 Å². The zero-order valence-corrected chi connectivity index (χ0v) is 14.9. The van der Waals surface area contributed by atoms with Gasteiger partial charge in [-0.05, 0) is 44.6 Å². The van der Waals surface area contributed by atoms with Gasteiger partial charge in [0.25, 0.3) is 0 Å². The number of nitrogens with zero attached hydrogens (tertiary/aromatic N) is 2. The highest BCUT2D eigenvalue weighted by Crippen LogP contribution is 2.30. The predicted octanol–water partition coefficient (Wildman–Crippen LogP) is 2.17. The van der Waals surface area contributed by atoms with Crippen molar-refractivity contribution in [2.24, 2.45) is 0 Å². The summed E-state index contributed by atoms with van der Waals surface area (Å²) in [6, 6.07) is 5.29. The van der Waals surface area contributed by atoms with Crippen molar-refractivity contribution in [3.05, 3.63) is 22.7 Å². The molecule has 1 aliphatic heterocycles. The summed E-state index contributed by atoms with van der Waals surface area (Å²) < 4.78 is 32.9. The Morgan fingerprint density at radius 1 is 1.48 bits per heavy atom. The van der Waals surface area contributed by atoms with Gasteiger partial charge < -0.3 is 9.64 Å². The molecule has 1 atom stereocenters. The number of hydrogen-bond acceptors (Lipinski definition) is 4. The molecule has 1 aliphatic rings. The summed E-state index contributed by atoms with van der Waals surface area (Å²) in [6.45, 7) is 1.52. The molecule has 1 aromatic rings. The Labute approximate surface area is 135 Å². The third-order valence-electron chi connectivity index (χ3n) is 3.95. The number of rotatable bonds is 5. The number of ether oxygens (including phenoxy) is 1. The first-order valence-electron chi connectivity index (χ1n) is 6.86. The fourth-order valence-electron chi connectivity index (χ4n) is 2.62. The number of methoxy groups -OCH3 is 1. The molecule has 1 unspecified atom stereocenters. The molecule has 5 nitrogen and oxygen atoms in total. The maximum absolute atomic E-state index is 12.8. The lowest BCUT2D eigenvalue weighted by molar-refractivity contribution is 0.270. The van der Waals surface area contributed by atoms with E-state index in [0.717, 1.165) is 19.4 Å². The van der Waals surface area contributed by atoms with E-state index in [1.165, 1.54) is 11.4 Å². The van der Waals surface area contributed by atoms with Crippen molar-refractivity contribution in [2.45, 2.75) is 23.8 Å². The molecule has 1 fully saturated rings. The number of likely N-dealkylation sites (tertiary alicyclic amines) is 1. The molecule has 0 spiro atoms. The lowest BCUT2D eigenvalue weighted by atomic mass is 10.2. The van der Waals surface area contributed by atoms with Crippen LogP contribution >= 0.6 is 15.9 Å². The summed E-state index contributed by atoms with van der Waals surface area (Å²) in [6.07, 6.45) is 2.15. The third kappa shape index (κ3) is 3.59. The van der Waals surface area contributed by atoms with E-state index in [9.17, 15) is 8.42 Å². The van der Waals surface area contributed by atoms with Crippen molar-refractivity contribution in [1.29, 1.82) is 0 Å². The van der Waals surface area contributed by atoms with Crippen LogP contribution in [0.5, 0.6) is 5.75 Å². The first-order valence-corrected chi connectivity index (χ1v) is 9.09. The average molecular weight is 377 g/mol. The van der Waals surface area contributed by atoms with Crippen LogP contribution in [0.3, 0.4) is 0 Å². The summed E-state index contributed by atoms with van der Waals surface area (Å²) >= 11 is 3.32. The van der Waals surface area contributed by atoms with E-state index >= 15 is 0 Å². The number of benzene rings is 1. The van der Waals surface area contributed by atoms with Crippen LogP contribution in [0.1, 0.15) is 12.8 Å². The van der Waals surface area contributed by atoms with E-state index in [-0.39, 0.29) is 10.9 Å². The predicted molar refractivity (Wildman–Crippen MR) is 86.2 cm³/mol. The Morgan fingerprint density at radius 3 is 2.76 bits per heavy atom. The average Bonchev–Trinajstić information content (AvgIpc) is 2.84.